The SMILES string of the molecule is COc1cc(C)c(C)cc1C(CO)N1CCOCC1. The van der Waals surface area contributed by atoms with Crippen LogP contribution in [0.1, 0.15) is 22.7 Å². The average Bonchev–Trinajstić information content (AvgIpc) is 2.44. The van der Waals surface area contributed by atoms with E-state index in [1.54, 1.807) is 7.11 Å². The first-order valence-electron chi connectivity index (χ1n) is 6.75. The lowest BCUT2D eigenvalue weighted by Gasteiger charge is -2.34. The largest absolute Gasteiger partial charge is 0.496 e. The quantitative estimate of drug-likeness (QED) is 0.899. The van der Waals surface area contributed by atoms with Crippen LogP contribution in [0, 0.1) is 13.8 Å². The molecule has 4 nitrogen and oxygen atoms in total. The van der Waals surface area contributed by atoms with Crippen LogP contribution in [-0.4, -0.2) is 50.0 Å². The van der Waals surface area contributed by atoms with Crippen molar-refractivity contribution in [1.82, 2.24) is 4.90 Å². The molecule has 1 aliphatic heterocycles. The number of hydrogen-bond donors (Lipinski definition) is 1. The Labute approximate surface area is 114 Å². The maximum Gasteiger partial charge on any atom is 0.124 e. The second-order valence-corrected chi connectivity index (χ2v) is 5.03. The van der Waals surface area contributed by atoms with Gasteiger partial charge in [0.2, 0.25) is 0 Å². The average molecular weight is 265 g/mol. The maximum atomic E-state index is 9.77. The number of hydrogen-bond acceptors (Lipinski definition) is 4. The number of methoxy groups -OCH3 is 1. The van der Waals surface area contributed by atoms with E-state index < -0.39 is 0 Å². The van der Waals surface area contributed by atoms with Crippen molar-refractivity contribution in [2.75, 3.05) is 40.0 Å². The third kappa shape index (κ3) is 3.08. The van der Waals surface area contributed by atoms with Crippen molar-refractivity contribution < 1.29 is 14.6 Å². The van der Waals surface area contributed by atoms with E-state index in [-0.39, 0.29) is 12.6 Å². The lowest BCUT2D eigenvalue weighted by atomic mass is 9.98. The van der Waals surface area contributed by atoms with Gasteiger partial charge in [0.1, 0.15) is 5.75 Å². The van der Waals surface area contributed by atoms with E-state index in [9.17, 15) is 5.11 Å². The number of benzene rings is 1. The summed E-state index contributed by atoms with van der Waals surface area (Å²) in [7, 11) is 1.68. The van der Waals surface area contributed by atoms with Gasteiger partial charge in [-0.3, -0.25) is 4.90 Å². The van der Waals surface area contributed by atoms with Gasteiger partial charge in [-0.25, -0.2) is 0 Å². The van der Waals surface area contributed by atoms with Gasteiger partial charge in [0, 0.05) is 18.7 Å². The van der Waals surface area contributed by atoms with E-state index >= 15 is 0 Å². The van der Waals surface area contributed by atoms with E-state index in [0.717, 1.165) is 37.6 Å². The van der Waals surface area contributed by atoms with E-state index in [1.165, 1.54) is 11.1 Å². The molecule has 1 N–H and O–H groups in total. The zero-order valence-electron chi connectivity index (χ0n) is 12.0. The molecular weight excluding hydrogens is 242 g/mol. The van der Waals surface area contributed by atoms with E-state index in [0.29, 0.717) is 0 Å². The molecule has 0 aliphatic carbocycles. The smallest absolute Gasteiger partial charge is 0.124 e. The monoisotopic (exact) mass is 265 g/mol. The Hall–Kier alpha value is -1.10. The molecule has 1 aromatic carbocycles. The molecule has 0 spiro atoms. The Morgan fingerprint density at radius 3 is 2.47 bits per heavy atom. The lowest BCUT2D eigenvalue weighted by Crippen LogP contribution is -2.40. The summed E-state index contributed by atoms with van der Waals surface area (Å²) in [6.07, 6.45) is 0. The predicted octanol–water partition coefficient (Wildman–Crippen LogP) is 1.68. The third-order valence-electron chi connectivity index (χ3n) is 3.86. The fourth-order valence-corrected chi connectivity index (χ4v) is 2.55. The minimum atomic E-state index is -0.0156. The summed E-state index contributed by atoms with van der Waals surface area (Å²) in [5, 5.41) is 9.77. The molecule has 1 saturated heterocycles. The fraction of sp³-hybridized carbons (Fsp3) is 0.600. The highest BCUT2D eigenvalue weighted by Gasteiger charge is 2.25. The molecule has 4 heteroatoms. The van der Waals surface area contributed by atoms with Crippen molar-refractivity contribution >= 4 is 0 Å². The number of aliphatic hydroxyl groups excluding tert-OH is 1. The predicted molar refractivity (Wildman–Crippen MR) is 74.7 cm³/mol. The molecule has 1 heterocycles. The van der Waals surface area contributed by atoms with Gasteiger partial charge in [0.25, 0.3) is 0 Å². The van der Waals surface area contributed by atoms with E-state index in [2.05, 4.69) is 24.8 Å². The van der Waals surface area contributed by atoms with Gasteiger partial charge >= 0.3 is 0 Å². The first-order valence-corrected chi connectivity index (χ1v) is 6.75. The number of morpholine rings is 1. The number of aryl methyl sites for hydroxylation is 2. The highest BCUT2D eigenvalue weighted by atomic mass is 16.5. The molecule has 0 saturated carbocycles. The summed E-state index contributed by atoms with van der Waals surface area (Å²) in [5.74, 6) is 0.855. The second kappa shape index (κ2) is 6.37. The van der Waals surface area contributed by atoms with Crippen LogP contribution >= 0.6 is 0 Å². The molecular formula is C15H23NO3. The normalized spacial score (nSPS) is 18.3. The summed E-state index contributed by atoms with van der Waals surface area (Å²) < 4.78 is 10.9. The van der Waals surface area contributed by atoms with Crippen LogP contribution in [0.3, 0.4) is 0 Å². The van der Waals surface area contributed by atoms with Gasteiger partial charge in [-0.15, -0.1) is 0 Å². The lowest BCUT2D eigenvalue weighted by molar-refractivity contribution is 0.00203. The molecule has 19 heavy (non-hydrogen) atoms. The molecule has 0 amide bonds. The summed E-state index contributed by atoms with van der Waals surface area (Å²) in [5.41, 5.74) is 3.50. The van der Waals surface area contributed by atoms with Crippen LogP contribution in [0.4, 0.5) is 0 Å². The molecule has 1 aliphatic rings. The molecule has 1 atom stereocenters. The molecule has 2 rings (SSSR count). The molecule has 0 bridgehead atoms. The summed E-state index contributed by atoms with van der Waals surface area (Å²) in [6.45, 7) is 7.41. The summed E-state index contributed by atoms with van der Waals surface area (Å²) in [4.78, 5) is 2.26. The number of rotatable bonds is 4. The first-order chi connectivity index (χ1) is 9.17. The van der Waals surface area contributed by atoms with Gasteiger partial charge in [0.15, 0.2) is 0 Å². The molecule has 0 radical (unpaired) electrons. The third-order valence-corrected chi connectivity index (χ3v) is 3.86. The Balaban J connectivity index is 2.33. The Kier molecular flexibility index (Phi) is 4.80. The first kappa shape index (κ1) is 14.3. The van der Waals surface area contributed by atoms with Crippen LogP contribution in [0.25, 0.3) is 0 Å². The van der Waals surface area contributed by atoms with Crippen LogP contribution in [0.15, 0.2) is 12.1 Å². The fourth-order valence-electron chi connectivity index (χ4n) is 2.55. The van der Waals surface area contributed by atoms with E-state index in [1.807, 2.05) is 6.07 Å². The standard InChI is InChI=1S/C15H23NO3/c1-11-8-13(15(18-3)9-12(11)2)14(10-17)16-4-6-19-7-5-16/h8-9,14,17H,4-7,10H2,1-3H3. The zero-order valence-corrected chi connectivity index (χ0v) is 12.0. The zero-order chi connectivity index (χ0) is 13.8. The van der Waals surface area contributed by atoms with Crippen LogP contribution in [0.2, 0.25) is 0 Å². The van der Waals surface area contributed by atoms with Crippen molar-refractivity contribution in [3.8, 4) is 5.75 Å². The number of ether oxygens (including phenoxy) is 2. The van der Waals surface area contributed by atoms with Crippen molar-refractivity contribution in [3.05, 3.63) is 28.8 Å². The van der Waals surface area contributed by atoms with E-state index in [4.69, 9.17) is 9.47 Å². The highest BCUT2D eigenvalue weighted by molar-refractivity contribution is 5.43. The minimum absolute atomic E-state index is 0.0156. The Morgan fingerprint density at radius 1 is 1.26 bits per heavy atom. The Morgan fingerprint density at radius 2 is 1.89 bits per heavy atom. The number of aliphatic hydroxyl groups is 1. The van der Waals surface area contributed by atoms with Gasteiger partial charge in [-0.05, 0) is 31.0 Å². The topological polar surface area (TPSA) is 41.9 Å². The highest BCUT2D eigenvalue weighted by Crippen LogP contribution is 2.32. The second-order valence-electron chi connectivity index (χ2n) is 5.03. The molecule has 1 fully saturated rings. The van der Waals surface area contributed by atoms with Gasteiger partial charge in [0.05, 0.1) is 33.0 Å². The van der Waals surface area contributed by atoms with Crippen molar-refractivity contribution in [2.45, 2.75) is 19.9 Å². The van der Waals surface area contributed by atoms with Crippen molar-refractivity contribution in [1.29, 1.82) is 0 Å². The van der Waals surface area contributed by atoms with Crippen molar-refractivity contribution in [2.24, 2.45) is 0 Å². The maximum absolute atomic E-state index is 9.77. The van der Waals surface area contributed by atoms with Crippen LogP contribution in [0.5, 0.6) is 5.75 Å². The molecule has 1 unspecified atom stereocenters. The van der Waals surface area contributed by atoms with Gasteiger partial charge in [-0.2, -0.15) is 0 Å². The van der Waals surface area contributed by atoms with Gasteiger partial charge in [-0.1, -0.05) is 6.07 Å². The molecule has 1 aromatic rings. The number of nitrogens with zero attached hydrogens (tertiary/aromatic N) is 1. The van der Waals surface area contributed by atoms with Crippen molar-refractivity contribution in [3.63, 3.8) is 0 Å². The summed E-state index contributed by atoms with van der Waals surface area (Å²) >= 11 is 0. The summed E-state index contributed by atoms with van der Waals surface area (Å²) in [6, 6.07) is 4.16. The van der Waals surface area contributed by atoms with Gasteiger partial charge < -0.3 is 14.6 Å². The Bertz CT molecular complexity index is 428. The van der Waals surface area contributed by atoms with Crippen LogP contribution in [-0.2, 0) is 4.74 Å². The molecule has 106 valence electrons. The van der Waals surface area contributed by atoms with Crippen LogP contribution < -0.4 is 4.74 Å². The minimum Gasteiger partial charge on any atom is -0.496 e. The molecule has 0 aromatic heterocycles.